The van der Waals surface area contributed by atoms with Crippen LogP contribution < -0.4 is 4.74 Å². The molecule has 1 aliphatic rings. The molecule has 0 amide bonds. The van der Waals surface area contributed by atoms with Gasteiger partial charge in [0.15, 0.2) is 5.78 Å². The van der Waals surface area contributed by atoms with Gasteiger partial charge in [0.1, 0.15) is 5.75 Å². The van der Waals surface area contributed by atoms with Gasteiger partial charge < -0.3 is 4.74 Å². The second-order valence-electron chi connectivity index (χ2n) is 7.24. The van der Waals surface area contributed by atoms with Gasteiger partial charge in [-0.2, -0.15) is 0 Å². The van der Waals surface area contributed by atoms with Crippen LogP contribution in [-0.2, 0) is 0 Å². The van der Waals surface area contributed by atoms with Crippen LogP contribution in [0.25, 0.3) is 10.8 Å². The van der Waals surface area contributed by atoms with E-state index in [0.29, 0.717) is 17.9 Å². The van der Waals surface area contributed by atoms with Crippen LogP contribution in [0, 0.1) is 5.92 Å². The van der Waals surface area contributed by atoms with Gasteiger partial charge in [-0.3, -0.25) is 4.79 Å². The van der Waals surface area contributed by atoms with E-state index in [4.69, 9.17) is 4.74 Å². The molecule has 0 aliphatic carbocycles. The van der Waals surface area contributed by atoms with E-state index in [-0.39, 0.29) is 17.6 Å². The van der Waals surface area contributed by atoms with Crippen LogP contribution in [-0.4, -0.2) is 12.4 Å². The monoisotopic (exact) mass is 364 g/mol. The second kappa shape index (κ2) is 6.97. The van der Waals surface area contributed by atoms with E-state index < -0.39 is 0 Å². The Labute approximate surface area is 164 Å². The summed E-state index contributed by atoms with van der Waals surface area (Å²) in [7, 11) is 0. The van der Waals surface area contributed by atoms with Gasteiger partial charge in [0.05, 0.1) is 18.1 Å². The molecule has 2 nitrogen and oxygen atoms in total. The van der Waals surface area contributed by atoms with E-state index in [1.54, 1.807) is 0 Å². The number of Topliss-reactive ketones (excluding diaryl/α,β-unsaturated/α-hetero) is 1. The van der Waals surface area contributed by atoms with E-state index >= 15 is 0 Å². The molecular formula is C26H20O2. The quantitative estimate of drug-likeness (QED) is 0.455. The normalized spacial score (nSPS) is 16.0. The number of ketones is 1. The lowest BCUT2D eigenvalue weighted by Gasteiger charge is -2.32. The van der Waals surface area contributed by atoms with Crippen LogP contribution in [0.5, 0.6) is 5.75 Å². The number of carbonyl (C=O) groups is 1. The van der Waals surface area contributed by atoms with Crippen molar-refractivity contribution in [3.63, 3.8) is 0 Å². The molecule has 4 aromatic carbocycles. The summed E-state index contributed by atoms with van der Waals surface area (Å²) in [4.78, 5) is 13.7. The fourth-order valence-corrected chi connectivity index (χ4v) is 4.29. The van der Waals surface area contributed by atoms with Crippen molar-refractivity contribution in [1.29, 1.82) is 0 Å². The van der Waals surface area contributed by atoms with Gasteiger partial charge in [0.2, 0.25) is 0 Å². The first kappa shape index (κ1) is 16.8. The molecule has 0 aromatic heterocycles. The summed E-state index contributed by atoms with van der Waals surface area (Å²) in [6.07, 6.45) is 0. The van der Waals surface area contributed by atoms with E-state index in [9.17, 15) is 4.79 Å². The van der Waals surface area contributed by atoms with Gasteiger partial charge in [-0.05, 0) is 28.0 Å². The Morgan fingerprint density at radius 2 is 1.32 bits per heavy atom. The first-order chi connectivity index (χ1) is 13.8. The third-order valence-electron chi connectivity index (χ3n) is 5.61. The van der Waals surface area contributed by atoms with Crippen LogP contribution in [0.15, 0.2) is 97.1 Å². The lowest BCUT2D eigenvalue weighted by molar-refractivity contribution is 0.0815. The topological polar surface area (TPSA) is 26.3 Å². The molecule has 1 atom stereocenters. The zero-order valence-electron chi connectivity index (χ0n) is 15.4. The Bertz CT molecular complexity index is 1090. The standard InChI is InChI=1S/C26H20O2/c27-26-22(17-28-23-16-15-18-9-7-8-14-21(18)25(23)26)24(19-10-3-1-4-11-19)20-12-5-2-6-13-20/h1-16,22,24H,17H2. The fourth-order valence-electron chi connectivity index (χ4n) is 4.29. The average molecular weight is 364 g/mol. The zero-order valence-corrected chi connectivity index (χ0v) is 15.4. The van der Waals surface area contributed by atoms with Crippen LogP contribution >= 0.6 is 0 Å². The van der Waals surface area contributed by atoms with Crippen molar-refractivity contribution in [2.75, 3.05) is 6.61 Å². The summed E-state index contributed by atoms with van der Waals surface area (Å²) in [6.45, 7) is 0.388. The Morgan fingerprint density at radius 3 is 2.00 bits per heavy atom. The summed E-state index contributed by atoms with van der Waals surface area (Å²) < 4.78 is 6.12. The van der Waals surface area contributed by atoms with Crippen molar-refractivity contribution >= 4 is 16.6 Å². The van der Waals surface area contributed by atoms with Gasteiger partial charge in [0.25, 0.3) is 0 Å². The number of ether oxygens (including phenoxy) is 1. The van der Waals surface area contributed by atoms with Crippen molar-refractivity contribution in [3.05, 3.63) is 114 Å². The second-order valence-corrected chi connectivity index (χ2v) is 7.24. The molecule has 0 saturated heterocycles. The third-order valence-corrected chi connectivity index (χ3v) is 5.61. The summed E-state index contributed by atoms with van der Waals surface area (Å²) >= 11 is 0. The molecule has 28 heavy (non-hydrogen) atoms. The summed E-state index contributed by atoms with van der Waals surface area (Å²) in [6, 6.07) is 32.5. The molecule has 0 radical (unpaired) electrons. The van der Waals surface area contributed by atoms with E-state index in [1.807, 2.05) is 72.8 Å². The summed E-state index contributed by atoms with van der Waals surface area (Å²) in [5.41, 5.74) is 2.99. The van der Waals surface area contributed by atoms with Crippen molar-refractivity contribution in [2.24, 2.45) is 5.92 Å². The number of hydrogen-bond donors (Lipinski definition) is 0. The molecule has 1 heterocycles. The van der Waals surface area contributed by atoms with Crippen LogP contribution in [0.4, 0.5) is 0 Å². The number of rotatable bonds is 3. The molecule has 0 fully saturated rings. The maximum atomic E-state index is 13.7. The minimum absolute atomic E-state index is 0.0398. The predicted molar refractivity (Wildman–Crippen MR) is 112 cm³/mol. The number of fused-ring (bicyclic) bond motifs is 3. The number of benzene rings is 4. The molecule has 4 aromatic rings. The van der Waals surface area contributed by atoms with Crippen molar-refractivity contribution in [1.82, 2.24) is 0 Å². The molecule has 5 rings (SSSR count). The highest BCUT2D eigenvalue weighted by Crippen LogP contribution is 2.41. The number of hydrogen-bond acceptors (Lipinski definition) is 2. The van der Waals surface area contributed by atoms with Gasteiger partial charge in [-0.1, -0.05) is 91.0 Å². The molecule has 0 spiro atoms. The first-order valence-corrected chi connectivity index (χ1v) is 9.61. The van der Waals surface area contributed by atoms with Crippen molar-refractivity contribution < 1.29 is 9.53 Å². The summed E-state index contributed by atoms with van der Waals surface area (Å²) in [5.74, 6) is 0.556. The summed E-state index contributed by atoms with van der Waals surface area (Å²) in [5, 5.41) is 2.03. The van der Waals surface area contributed by atoms with Gasteiger partial charge in [-0.15, -0.1) is 0 Å². The lowest BCUT2D eigenvalue weighted by atomic mass is 9.76. The van der Waals surface area contributed by atoms with Gasteiger partial charge in [0, 0.05) is 5.92 Å². The molecule has 2 heteroatoms. The van der Waals surface area contributed by atoms with E-state index in [1.165, 1.54) is 0 Å². The Hall–Kier alpha value is -3.39. The van der Waals surface area contributed by atoms with Gasteiger partial charge in [-0.25, -0.2) is 0 Å². The Kier molecular flexibility index (Phi) is 4.17. The van der Waals surface area contributed by atoms with Crippen LogP contribution in [0.2, 0.25) is 0 Å². The SMILES string of the molecule is O=C1c2c(ccc3ccccc23)OCC1C(c1ccccc1)c1ccccc1. The minimum Gasteiger partial charge on any atom is -0.492 e. The minimum atomic E-state index is -0.261. The molecule has 1 aliphatic heterocycles. The maximum Gasteiger partial charge on any atom is 0.174 e. The lowest BCUT2D eigenvalue weighted by Crippen LogP contribution is -2.33. The van der Waals surface area contributed by atoms with E-state index in [0.717, 1.165) is 21.9 Å². The molecule has 0 bridgehead atoms. The molecule has 0 N–H and O–H groups in total. The molecule has 136 valence electrons. The average Bonchev–Trinajstić information content (AvgIpc) is 2.77. The zero-order chi connectivity index (χ0) is 18.9. The maximum absolute atomic E-state index is 13.7. The highest BCUT2D eigenvalue weighted by molar-refractivity contribution is 6.12. The highest BCUT2D eigenvalue weighted by atomic mass is 16.5. The molecule has 0 saturated carbocycles. The number of carbonyl (C=O) groups excluding carboxylic acids is 1. The molecule has 1 unspecified atom stereocenters. The van der Waals surface area contributed by atoms with Crippen LogP contribution in [0.1, 0.15) is 27.4 Å². The molecular weight excluding hydrogens is 344 g/mol. The predicted octanol–water partition coefficient (Wildman–Crippen LogP) is 5.86. The van der Waals surface area contributed by atoms with Crippen LogP contribution in [0.3, 0.4) is 0 Å². The van der Waals surface area contributed by atoms with Gasteiger partial charge >= 0.3 is 0 Å². The van der Waals surface area contributed by atoms with E-state index in [2.05, 4.69) is 24.3 Å². The Balaban J connectivity index is 1.66. The van der Waals surface area contributed by atoms with Crippen molar-refractivity contribution in [3.8, 4) is 5.75 Å². The first-order valence-electron chi connectivity index (χ1n) is 9.61. The van der Waals surface area contributed by atoms with Crippen molar-refractivity contribution in [2.45, 2.75) is 5.92 Å². The fraction of sp³-hybridized carbons (Fsp3) is 0.115. The third kappa shape index (κ3) is 2.78. The Morgan fingerprint density at radius 1 is 0.714 bits per heavy atom. The smallest absolute Gasteiger partial charge is 0.174 e. The largest absolute Gasteiger partial charge is 0.492 e. The highest BCUT2D eigenvalue weighted by Gasteiger charge is 2.37.